The van der Waals surface area contributed by atoms with Crippen molar-refractivity contribution in [2.45, 2.75) is 51.0 Å². The molecule has 3 heteroatoms. The maximum absolute atomic E-state index is 9.80. The van der Waals surface area contributed by atoms with Crippen molar-refractivity contribution in [1.82, 2.24) is 5.32 Å². The Kier molecular flexibility index (Phi) is 4.25. The Labute approximate surface area is 120 Å². The molecule has 1 atom stereocenters. The van der Waals surface area contributed by atoms with Crippen LogP contribution in [0.25, 0.3) is 0 Å². The molecule has 1 unspecified atom stereocenters. The summed E-state index contributed by atoms with van der Waals surface area (Å²) in [5.41, 5.74) is 0.155. The average Bonchev–Trinajstić information content (AvgIpc) is 3.15. The molecular formula is C16H25NOS. The largest absolute Gasteiger partial charge is 0.396 e. The van der Waals surface area contributed by atoms with Gasteiger partial charge in [0.05, 0.1) is 0 Å². The molecule has 2 nitrogen and oxygen atoms in total. The fraction of sp³-hybridized carbons (Fsp3) is 0.750. The van der Waals surface area contributed by atoms with Gasteiger partial charge in [-0.25, -0.2) is 0 Å². The molecule has 0 amide bonds. The van der Waals surface area contributed by atoms with Gasteiger partial charge in [0.2, 0.25) is 0 Å². The predicted molar refractivity (Wildman–Crippen MR) is 80.4 cm³/mol. The van der Waals surface area contributed by atoms with Crippen molar-refractivity contribution < 1.29 is 5.11 Å². The summed E-state index contributed by atoms with van der Waals surface area (Å²) in [6.07, 6.45) is 9.03. The molecule has 0 bridgehead atoms. The molecule has 106 valence electrons. The Morgan fingerprint density at radius 2 is 2.11 bits per heavy atom. The molecule has 2 saturated carbocycles. The Bertz CT molecular complexity index is 379. The van der Waals surface area contributed by atoms with E-state index in [4.69, 9.17) is 0 Å². The first-order chi connectivity index (χ1) is 9.33. The van der Waals surface area contributed by atoms with Crippen LogP contribution in [0.5, 0.6) is 0 Å². The fourth-order valence-corrected chi connectivity index (χ4v) is 4.31. The van der Waals surface area contributed by atoms with Crippen molar-refractivity contribution in [3.05, 3.63) is 22.4 Å². The van der Waals surface area contributed by atoms with Crippen LogP contribution in [0.2, 0.25) is 0 Å². The zero-order valence-corrected chi connectivity index (χ0v) is 12.4. The highest BCUT2D eigenvalue weighted by Crippen LogP contribution is 2.43. The smallest absolute Gasteiger partial charge is 0.0499 e. The Balaban J connectivity index is 1.62. The van der Waals surface area contributed by atoms with Gasteiger partial charge in [-0.1, -0.05) is 25.3 Å². The van der Waals surface area contributed by atoms with Crippen LogP contribution in [0, 0.1) is 11.3 Å². The molecule has 0 saturated heterocycles. The summed E-state index contributed by atoms with van der Waals surface area (Å²) in [6, 6.07) is 4.94. The third-order valence-electron chi connectivity index (χ3n) is 4.89. The summed E-state index contributed by atoms with van der Waals surface area (Å²) in [4.78, 5) is 1.48. The normalized spacial score (nSPS) is 24.3. The molecule has 1 heterocycles. The number of thiophene rings is 1. The molecule has 19 heavy (non-hydrogen) atoms. The van der Waals surface area contributed by atoms with Gasteiger partial charge >= 0.3 is 0 Å². The summed E-state index contributed by atoms with van der Waals surface area (Å²) >= 11 is 1.87. The van der Waals surface area contributed by atoms with Crippen molar-refractivity contribution in [1.29, 1.82) is 0 Å². The van der Waals surface area contributed by atoms with Gasteiger partial charge in [-0.05, 0) is 43.0 Å². The van der Waals surface area contributed by atoms with Crippen molar-refractivity contribution in [3.8, 4) is 0 Å². The SMILES string of the molecule is OCC1(CNC(c2cccs2)C2CC2)CCCCC1. The molecule has 2 aliphatic carbocycles. The van der Waals surface area contributed by atoms with Gasteiger partial charge in [0, 0.05) is 29.5 Å². The number of hydrogen-bond donors (Lipinski definition) is 2. The third-order valence-corrected chi connectivity index (χ3v) is 5.85. The predicted octanol–water partition coefficient (Wildman–Crippen LogP) is 3.73. The standard InChI is InChI=1S/C16H25NOS/c18-12-16(8-2-1-3-9-16)11-17-15(13-6-7-13)14-5-4-10-19-14/h4-5,10,13,15,17-18H,1-3,6-9,11-12H2. The maximum atomic E-state index is 9.80. The molecule has 2 fully saturated rings. The fourth-order valence-electron chi connectivity index (χ4n) is 3.42. The van der Waals surface area contributed by atoms with Crippen molar-refractivity contribution >= 4 is 11.3 Å². The molecular weight excluding hydrogens is 254 g/mol. The quantitative estimate of drug-likeness (QED) is 0.831. The topological polar surface area (TPSA) is 32.3 Å². The van der Waals surface area contributed by atoms with E-state index in [9.17, 15) is 5.11 Å². The number of aliphatic hydroxyl groups excluding tert-OH is 1. The van der Waals surface area contributed by atoms with E-state index < -0.39 is 0 Å². The van der Waals surface area contributed by atoms with Crippen LogP contribution in [0.1, 0.15) is 55.9 Å². The van der Waals surface area contributed by atoms with E-state index in [0.717, 1.165) is 12.5 Å². The van der Waals surface area contributed by atoms with Gasteiger partial charge in [0.25, 0.3) is 0 Å². The molecule has 0 spiro atoms. The summed E-state index contributed by atoms with van der Waals surface area (Å²) in [5.74, 6) is 0.831. The molecule has 1 aromatic heterocycles. The van der Waals surface area contributed by atoms with E-state index in [1.807, 2.05) is 11.3 Å². The lowest BCUT2D eigenvalue weighted by Crippen LogP contribution is -2.40. The van der Waals surface area contributed by atoms with Crippen molar-refractivity contribution in [3.63, 3.8) is 0 Å². The number of rotatable bonds is 6. The van der Waals surface area contributed by atoms with Crippen LogP contribution in [-0.4, -0.2) is 18.3 Å². The number of nitrogens with one attached hydrogen (secondary N) is 1. The first-order valence-electron chi connectivity index (χ1n) is 7.71. The molecule has 0 aliphatic heterocycles. The molecule has 2 N–H and O–H groups in total. The number of aliphatic hydroxyl groups is 1. The van der Waals surface area contributed by atoms with E-state index in [1.165, 1.54) is 49.8 Å². The molecule has 0 radical (unpaired) electrons. The van der Waals surface area contributed by atoms with Gasteiger partial charge < -0.3 is 10.4 Å². The van der Waals surface area contributed by atoms with Crippen LogP contribution >= 0.6 is 11.3 Å². The van der Waals surface area contributed by atoms with Crippen molar-refractivity contribution in [2.24, 2.45) is 11.3 Å². The minimum atomic E-state index is 0.155. The number of hydrogen-bond acceptors (Lipinski definition) is 3. The second kappa shape index (κ2) is 5.94. The Hall–Kier alpha value is -0.380. The van der Waals surface area contributed by atoms with Crippen LogP contribution in [0.15, 0.2) is 17.5 Å². The highest BCUT2D eigenvalue weighted by molar-refractivity contribution is 7.10. The lowest BCUT2D eigenvalue weighted by Gasteiger charge is -2.37. The molecule has 0 aromatic carbocycles. The van der Waals surface area contributed by atoms with Crippen LogP contribution in [-0.2, 0) is 0 Å². The lowest BCUT2D eigenvalue weighted by molar-refractivity contribution is 0.0775. The third kappa shape index (κ3) is 3.21. The van der Waals surface area contributed by atoms with Gasteiger partial charge in [0.15, 0.2) is 0 Å². The van der Waals surface area contributed by atoms with E-state index in [2.05, 4.69) is 22.8 Å². The second-order valence-corrected chi connectivity index (χ2v) is 7.41. The van der Waals surface area contributed by atoms with Gasteiger partial charge in [-0.3, -0.25) is 0 Å². The lowest BCUT2D eigenvalue weighted by atomic mass is 9.74. The first-order valence-corrected chi connectivity index (χ1v) is 8.59. The minimum absolute atomic E-state index is 0.155. The van der Waals surface area contributed by atoms with Gasteiger partial charge in [-0.15, -0.1) is 11.3 Å². The summed E-state index contributed by atoms with van der Waals surface area (Å²) in [6.45, 7) is 1.34. The second-order valence-electron chi connectivity index (χ2n) is 6.43. The monoisotopic (exact) mass is 279 g/mol. The van der Waals surface area contributed by atoms with E-state index in [1.54, 1.807) is 0 Å². The highest BCUT2D eigenvalue weighted by Gasteiger charge is 2.36. The summed E-state index contributed by atoms with van der Waals surface area (Å²) in [5, 5.41) is 15.8. The van der Waals surface area contributed by atoms with Crippen molar-refractivity contribution in [2.75, 3.05) is 13.2 Å². The van der Waals surface area contributed by atoms with Gasteiger partial charge in [-0.2, -0.15) is 0 Å². The first kappa shape index (κ1) is 13.6. The van der Waals surface area contributed by atoms with E-state index >= 15 is 0 Å². The van der Waals surface area contributed by atoms with Crippen LogP contribution in [0.4, 0.5) is 0 Å². The minimum Gasteiger partial charge on any atom is -0.396 e. The molecule has 3 rings (SSSR count). The van der Waals surface area contributed by atoms with Crippen LogP contribution < -0.4 is 5.32 Å². The average molecular weight is 279 g/mol. The Morgan fingerprint density at radius 3 is 2.68 bits per heavy atom. The molecule has 2 aliphatic rings. The summed E-state index contributed by atoms with van der Waals surface area (Å²) in [7, 11) is 0. The maximum Gasteiger partial charge on any atom is 0.0499 e. The zero-order valence-electron chi connectivity index (χ0n) is 11.6. The van der Waals surface area contributed by atoms with Gasteiger partial charge in [0.1, 0.15) is 0 Å². The van der Waals surface area contributed by atoms with Crippen LogP contribution in [0.3, 0.4) is 0 Å². The Morgan fingerprint density at radius 1 is 1.32 bits per heavy atom. The zero-order chi connectivity index (χ0) is 13.1. The van der Waals surface area contributed by atoms with E-state index in [0.29, 0.717) is 12.6 Å². The van der Waals surface area contributed by atoms with E-state index in [-0.39, 0.29) is 5.41 Å². The molecule has 1 aromatic rings. The highest BCUT2D eigenvalue weighted by atomic mass is 32.1. The summed E-state index contributed by atoms with van der Waals surface area (Å²) < 4.78 is 0.